The maximum Gasteiger partial charge on any atom is 0.254 e. The summed E-state index contributed by atoms with van der Waals surface area (Å²) in [6.45, 7) is 7.18. The number of rotatable bonds is 6. The van der Waals surface area contributed by atoms with Gasteiger partial charge in [-0.25, -0.2) is 0 Å². The van der Waals surface area contributed by atoms with Crippen LogP contribution in [0, 0.1) is 0 Å². The molecule has 20 heavy (non-hydrogen) atoms. The molecule has 0 aliphatic carbocycles. The summed E-state index contributed by atoms with van der Waals surface area (Å²) in [6.07, 6.45) is 5.33. The monoisotopic (exact) mass is 272 g/mol. The van der Waals surface area contributed by atoms with Crippen molar-refractivity contribution in [1.82, 2.24) is 9.88 Å². The van der Waals surface area contributed by atoms with Crippen LogP contribution in [-0.2, 0) is 0 Å². The van der Waals surface area contributed by atoms with Crippen LogP contribution in [0.2, 0.25) is 0 Å². The molecule has 0 saturated carbocycles. The molecule has 0 bridgehead atoms. The first-order valence-electron chi connectivity index (χ1n) is 7.51. The minimum atomic E-state index is 0.132. The van der Waals surface area contributed by atoms with Crippen molar-refractivity contribution in [2.24, 2.45) is 0 Å². The van der Waals surface area contributed by atoms with Crippen LogP contribution < -0.4 is 0 Å². The van der Waals surface area contributed by atoms with Crippen molar-refractivity contribution < 1.29 is 4.79 Å². The number of H-pyrrole nitrogens is 1. The third-order valence-corrected chi connectivity index (χ3v) is 3.69. The normalized spacial score (nSPS) is 11.2. The number of nitrogens with one attached hydrogen (secondary N) is 1. The van der Waals surface area contributed by atoms with Gasteiger partial charge < -0.3 is 9.88 Å². The molecule has 3 heteroatoms. The van der Waals surface area contributed by atoms with E-state index >= 15 is 0 Å². The molecular weight excluding hydrogens is 248 g/mol. The van der Waals surface area contributed by atoms with E-state index in [0.29, 0.717) is 0 Å². The van der Waals surface area contributed by atoms with Gasteiger partial charge in [-0.1, -0.05) is 25.8 Å². The molecule has 3 nitrogen and oxygen atoms in total. The van der Waals surface area contributed by atoms with E-state index in [2.05, 4.69) is 25.8 Å². The molecule has 108 valence electrons. The van der Waals surface area contributed by atoms with Crippen LogP contribution in [0.1, 0.15) is 50.4 Å². The minimum Gasteiger partial charge on any atom is -0.361 e. The van der Waals surface area contributed by atoms with Gasteiger partial charge in [-0.05, 0) is 43.9 Å². The number of carbonyl (C=O) groups is 1. The van der Waals surface area contributed by atoms with Crippen LogP contribution in [0.5, 0.6) is 0 Å². The second kappa shape index (κ2) is 6.60. The first-order chi connectivity index (χ1) is 9.63. The first kappa shape index (κ1) is 14.6. The van der Waals surface area contributed by atoms with Gasteiger partial charge in [0.25, 0.3) is 5.91 Å². The number of amides is 1. The Morgan fingerprint density at radius 3 is 2.75 bits per heavy atom. The lowest BCUT2D eigenvalue weighted by molar-refractivity contribution is 0.0702. The number of aromatic amines is 1. The standard InChI is InChI=1S/C17H24N2O/c1-4-5-6-11-19(13(2)3)17(20)15-8-7-14-9-10-18-16(14)12-15/h7-10,12-13,18H,4-6,11H2,1-3H3. The van der Waals surface area contributed by atoms with Crippen molar-refractivity contribution in [1.29, 1.82) is 0 Å². The van der Waals surface area contributed by atoms with Gasteiger partial charge in [0.05, 0.1) is 0 Å². The van der Waals surface area contributed by atoms with E-state index in [1.54, 1.807) is 0 Å². The van der Waals surface area contributed by atoms with Crippen molar-refractivity contribution in [3.8, 4) is 0 Å². The van der Waals surface area contributed by atoms with Crippen LogP contribution in [0.15, 0.2) is 30.5 Å². The summed E-state index contributed by atoms with van der Waals surface area (Å²) in [5, 5.41) is 1.14. The lowest BCUT2D eigenvalue weighted by atomic mass is 10.1. The number of carbonyl (C=O) groups excluding carboxylic acids is 1. The zero-order chi connectivity index (χ0) is 14.5. The second-order valence-corrected chi connectivity index (χ2v) is 5.58. The largest absolute Gasteiger partial charge is 0.361 e. The highest BCUT2D eigenvalue weighted by atomic mass is 16.2. The Hall–Kier alpha value is -1.77. The van der Waals surface area contributed by atoms with Gasteiger partial charge >= 0.3 is 0 Å². The van der Waals surface area contributed by atoms with E-state index in [9.17, 15) is 4.79 Å². The lowest BCUT2D eigenvalue weighted by Crippen LogP contribution is -2.37. The average Bonchev–Trinajstić information content (AvgIpc) is 2.89. The number of aromatic nitrogens is 1. The zero-order valence-corrected chi connectivity index (χ0v) is 12.6. The van der Waals surface area contributed by atoms with E-state index in [4.69, 9.17) is 0 Å². The van der Waals surface area contributed by atoms with Gasteiger partial charge in [0.2, 0.25) is 0 Å². The summed E-state index contributed by atoms with van der Waals surface area (Å²) in [7, 11) is 0. The minimum absolute atomic E-state index is 0.132. The smallest absolute Gasteiger partial charge is 0.254 e. The number of hydrogen-bond acceptors (Lipinski definition) is 1. The summed E-state index contributed by atoms with van der Waals surface area (Å²) < 4.78 is 0. The van der Waals surface area contributed by atoms with Gasteiger partial charge in [-0.15, -0.1) is 0 Å². The van der Waals surface area contributed by atoms with Crippen molar-refractivity contribution >= 4 is 16.8 Å². The number of benzene rings is 1. The molecule has 0 fully saturated rings. The van der Waals surface area contributed by atoms with Gasteiger partial charge in [0.15, 0.2) is 0 Å². The lowest BCUT2D eigenvalue weighted by Gasteiger charge is -2.27. The second-order valence-electron chi connectivity index (χ2n) is 5.58. The molecule has 1 amide bonds. The molecule has 1 aromatic carbocycles. The molecular formula is C17H24N2O. The Labute approximate surface area is 121 Å². The molecule has 1 N–H and O–H groups in total. The van der Waals surface area contributed by atoms with E-state index in [-0.39, 0.29) is 11.9 Å². The molecule has 0 unspecified atom stereocenters. The summed E-state index contributed by atoms with van der Waals surface area (Å²) in [6, 6.07) is 8.13. The van der Waals surface area contributed by atoms with Gasteiger partial charge in [-0.3, -0.25) is 4.79 Å². The van der Waals surface area contributed by atoms with Gasteiger partial charge in [0, 0.05) is 29.9 Å². The quantitative estimate of drug-likeness (QED) is 0.786. The van der Waals surface area contributed by atoms with E-state index in [1.165, 1.54) is 12.8 Å². The Balaban J connectivity index is 2.17. The fourth-order valence-electron chi connectivity index (χ4n) is 2.47. The summed E-state index contributed by atoms with van der Waals surface area (Å²) in [5.41, 5.74) is 1.79. The van der Waals surface area contributed by atoms with Crippen LogP contribution in [0.3, 0.4) is 0 Å². The van der Waals surface area contributed by atoms with Crippen LogP contribution in [-0.4, -0.2) is 28.4 Å². The number of unbranched alkanes of at least 4 members (excludes halogenated alkanes) is 2. The fraction of sp³-hybridized carbons (Fsp3) is 0.471. The van der Waals surface area contributed by atoms with Crippen LogP contribution in [0.25, 0.3) is 10.9 Å². The maximum absolute atomic E-state index is 12.7. The van der Waals surface area contributed by atoms with Crippen molar-refractivity contribution in [3.63, 3.8) is 0 Å². The zero-order valence-electron chi connectivity index (χ0n) is 12.6. The molecule has 0 spiro atoms. The molecule has 1 aromatic heterocycles. The SMILES string of the molecule is CCCCCN(C(=O)c1ccc2cc[nH]c2c1)C(C)C. The Bertz CT molecular complexity index is 571. The fourth-order valence-corrected chi connectivity index (χ4v) is 2.47. The van der Waals surface area contributed by atoms with E-state index in [0.717, 1.165) is 29.4 Å². The average molecular weight is 272 g/mol. The van der Waals surface area contributed by atoms with Gasteiger partial charge in [-0.2, -0.15) is 0 Å². The van der Waals surface area contributed by atoms with Crippen molar-refractivity contribution in [2.45, 2.75) is 46.1 Å². The topological polar surface area (TPSA) is 36.1 Å². The summed E-state index contributed by atoms with van der Waals surface area (Å²) in [4.78, 5) is 17.8. The molecule has 2 aromatic rings. The molecule has 2 rings (SSSR count). The molecule has 0 radical (unpaired) electrons. The Morgan fingerprint density at radius 1 is 1.25 bits per heavy atom. The maximum atomic E-state index is 12.7. The van der Waals surface area contributed by atoms with Crippen LogP contribution >= 0.6 is 0 Å². The van der Waals surface area contributed by atoms with E-state index in [1.807, 2.05) is 35.4 Å². The molecule has 1 heterocycles. The Kier molecular flexibility index (Phi) is 4.83. The third-order valence-electron chi connectivity index (χ3n) is 3.69. The van der Waals surface area contributed by atoms with Crippen LogP contribution in [0.4, 0.5) is 0 Å². The third kappa shape index (κ3) is 3.21. The van der Waals surface area contributed by atoms with E-state index < -0.39 is 0 Å². The predicted octanol–water partition coefficient (Wildman–Crippen LogP) is 4.21. The van der Waals surface area contributed by atoms with Crippen molar-refractivity contribution in [2.75, 3.05) is 6.54 Å². The molecule has 0 saturated heterocycles. The number of hydrogen-bond donors (Lipinski definition) is 1. The Morgan fingerprint density at radius 2 is 2.05 bits per heavy atom. The first-order valence-corrected chi connectivity index (χ1v) is 7.51. The number of nitrogens with zero attached hydrogens (tertiary/aromatic N) is 1. The molecule has 0 aliphatic heterocycles. The number of fused-ring (bicyclic) bond motifs is 1. The van der Waals surface area contributed by atoms with Crippen molar-refractivity contribution in [3.05, 3.63) is 36.0 Å². The predicted molar refractivity (Wildman–Crippen MR) is 84.0 cm³/mol. The molecule has 0 aliphatic rings. The van der Waals surface area contributed by atoms with Gasteiger partial charge in [0.1, 0.15) is 0 Å². The highest BCUT2D eigenvalue weighted by molar-refractivity contribution is 5.98. The summed E-state index contributed by atoms with van der Waals surface area (Å²) >= 11 is 0. The highest BCUT2D eigenvalue weighted by Gasteiger charge is 2.18. The highest BCUT2D eigenvalue weighted by Crippen LogP contribution is 2.17. The molecule has 0 atom stereocenters. The summed E-state index contributed by atoms with van der Waals surface area (Å²) in [5.74, 6) is 0.132.